The van der Waals surface area contributed by atoms with Crippen LogP contribution in [0, 0.1) is 0 Å². The van der Waals surface area contributed by atoms with E-state index < -0.39 is 5.97 Å². The number of thiazole rings is 1. The zero-order valence-corrected chi connectivity index (χ0v) is 9.71. The number of nitrogens with one attached hydrogen (secondary N) is 1. The molecular weight excluding hydrogens is 226 g/mol. The molecule has 0 amide bonds. The molecule has 16 heavy (non-hydrogen) atoms. The summed E-state index contributed by atoms with van der Waals surface area (Å²) in [5.41, 5.74) is 1.33. The quantitative estimate of drug-likeness (QED) is 0.855. The number of hydrogen-bond donors (Lipinski definition) is 2. The van der Waals surface area contributed by atoms with Crippen LogP contribution in [-0.4, -0.2) is 27.7 Å². The molecule has 5 nitrogen and oxygen atoms in total. The first-order valence-corrected chi connectivity index (χ1v) is 5.47. The van der Waals surface area contributed by atoms with Gasteiger partial charge in [-0.1, -0.05) is 11.3 Å². The van der Waals surface area contributed by atoms with E-state index in [0.29, 0.717) is 10.8 Å². The van der Waals surface area contributed by atoms with Crippen molar-refractivity contribution in [1.29, 1.82) is 0 Å². The Morgan fingerprint density at radius 1 is 1.62 bits per heavy atom. The minimum atomic E-state index is -0.946. The number of rotatable bonds is 3. The highest BCUT2D eigenvalue weighted by molar-refractivity contribution is 7.17. The van der Waals surface area contributed by atoms with Gasteiger partial charge in [-0.25, -0.2) is 9.78 Å². The molecule has 0 bridgehead atoms. The summed E-state index contributed by atoms with van der Waals surface area (Å²) in [6.07, 6.45) is 3.71. The van der Waals surface area contributed by atoms with Crippen LogP contribution in [0.3, 0.4) is 0 Å². The standard InChI is InChI=1S/C10H11N3O2S/c1-11-10-12-7(8(16-10)9(14)15)6-3-4-13(2)5-6/h3-5H,1-2H3,(H,11,12)(H,14,15). The van der Waals surface area contributed by atoms with Gasteiger partial charge in [-0.15, -0.1) is 0 Å². The van der Waals surface area contributed by atoms with Crippen LogP contribution in [0.2, 0.25) is 0 Å². The second-order valence-corrected chi connectivity index (χ2v) is 4.32. The van der Waals surface area contributed by atoms with E-state index in [9.17, 15) is 4.79 Å². The smallest absolute Gasteiger partial charge is 0.348 e. The number of carbonyl (C=O) groups is 1. The van der Waals surface area contributed by atoms with Gasteiger partial charge >= 0.3 is 5.97 Å². The van der Waals surface area contributed by atoms with Gasteiger partial charge in [0.25, 0.3) is 0 Å². The number of anilines is 1. The van der Waals surface area contributed by atoms with Crippen LogP contribution >= 0.6 is 11.3 Å². The number of nitrogens with zero attached hydrogens (tertiary/aromatic N) is 2. The van der Waals surface area contributed by atoms with E-state index in [4.69, 9.17) is 5.11 Å². The Morgan fingerprint density at radius 2 is 2.38 bits per heavy atom. The van der Waals surface area contributed by atoms with Crippen molar-refractivity contribution in [2.24, 2.45) is 7.05 Å². The molecule has 0 radical (unpaired) electrons. The molecule has 0 saturated heterocycles. The lowest BCUT2D eigenvalue weighted by Gasteiger charge is -1.93. The molecule has 0 aliphatic rings. The maximum absolute atomic E-state index is 11.1. The normalized spacial score (nSPS) is 10.4. The number of hydrogen-bond acceptors (Lipinski definition) is 4. The van der Waals surface area contributed by atoms with E-state index in [2.05, 4.69) is 10.3 Å². The molecule has 84 valence electrons. The topological polar surface area (TPSA) is 67.2 Å². The summed E-state index contributed by atoms with van der Waals surface area (Å²) in [5, 5.41) is 12.5. The summed E-state index contributed by atoms with van der Waals surface area (Å²) >= 11 is 1.14. The first kappa shape index (κ1) is 10.7. The highest BCUT2D eigenvalue weighted by Gasteiger charge is 2.18. The van der Waals surface area contributed by atoms with Crippen LogP contribution in [0.15, 0.2) is 18.5 Å². The van der Waals surface area contributed by atoms with E-state index in [0.717, 1.165) is 16.9 Å². The molecule has 0 spiro atoms. The van der Waals surface area contributed by atoms with Crippen molar-refractivity contribution in [1.82, 2.24) is 9.55 Å². The Bertz CT molecular complexity index is 530. The summed E-state index contributed by atoms with van der Waals surface area (Å²) in [6.45, 7) is 0. The van der Waals surface area contributed by atoms with Gasteiger partial charge < -0.3 is 15.0 Å². The van der Waals surface area contributed by atoms with Gasteiger partial charge in [0.2, 0.25) is 0 Å². The molecule has 0 fully saturated rings. The lowest BCUT2D eigenvalue weighted by Crippen LogP contribution is -1.94. The highest BCUT2D eigenvalue weighted by Crippen LogP contribution is 2.30. The van der Waals surface area contributed by atoms with Crippen molar-refractivity contribution < 1.29 is 9.90 Å². The van der Waals surface area contributed by atoms with Crippen LogP contribution in [-0.2, 0) is 7.05 Å². The Morgan fingerprint density at radius 3 is 2.88 bits per heavy atom. The zero-order valence-electron chi connectivity index (χ0n) is 8.89. The van der Waals surface area contributed by atoms with Crippen molar-refractivity contribution in [3.63, 3.8) is 0 Å². The maximum Gasteiger partial charge on any atom is 0.348 e. The lowest BCUT2D eigenvalue weighted by atomic mass is 10.2. The Hall–Kier alpha value is -1.82. The summed E-state index contributed by atoms with van der Waals surface area (Å²) in [5.74, 6) is -0.946. The maximum atomic E-state index is 11.1. The Labute approximate surface area is 96.4 Å². The van der Waals surface area contributed by atoms with Crippen molar-refractivity contribution >= 4 is 22.4 Å². The van der Waals surface area contributed by atoms with Crippen LogP contribution < -0.4 is 5.32 Å². The third-order valence-corrected chi connectivity index (χ3v) is 3.20. The molecule has 0 aliphatic carbocycles. The van der Waals surface area contributed by atoms with E-state index in [1.807, 2.05) is 30.1 Å². The van der Waals surface area contributed by atoms with E-state index in [1.54, 1.807) is 7.05 Å². The highest BCUT2D eigenvalue weighted by atomic mass is 32.1. The lowest BCUT2D eigenvalue weighted by molar-refractivity contribution is 0.0702. The molecule has 0 saturated carbocycles. The van der Waals surface area contributed by atoms with Crippen molar-refractivity contribution in [2.75, 3.05) is 12.4 Å². The fourth-order valence-corrected chi connectivity index (χ4v) is 2.19. The molecule has 2 heterocycles. The first-order valence-electron chi connectivity index (χ1n) is 4.66. The number of carboxylic acid groups (broad SMARTS) is 1. The van der Waals surface area contributed by atoms with Crippen LogP contribution in [0.4, 0.5) is 5.13 Å². The Kier molecular flexibility index (Phi) is 2.66. The molecule has 2 aromatic rings. The van der Waals surface area contributed by atoms with Gasteiger partial charge in [0.15, 0.2) is 5.13 Å². The number of carboxylic acids is 1. The molecule has 2 N–H and O–H groups in total. The fourth-order valence-electron chi connectivity index (χ4n) is 1.41. The van der Waals surface area contributed by atoms with Crippen molar-refractivity contribution in [2.45, 2.75) is 0 Å². The SMILES string of the molecule is CNc1nc(-c2ccn(C)c2)c(C(=O)O)s1. The predicted molar refractivity (Wildman–Crippen MR) is 63.0 cm³/mol. The summed E-state index contributed by atoms with van der Waals surface area (Å²) < 4.78 is 1.86. The van der Waals surface area contributed by atoms with Gasteiger partial charge in [0.1, 0.15) is 4.88 Å². The average Bonchev–Trinajstić information content (AvgIpc) is 2.82. The number of aromatic nitrogens is 2. The minimum absolute atomic E-state index is 0.260. The zero-order chi connectivity index (χ0) is 11.7. The minimum Gasteiger partial charge on any atom is -0.477 e. The molecular formula is C10H11N3O2S. The second kappa shape index (κ2) is 3.97. The van der Waals surface area contributed by atoms with Crippen LogP contribution in [0.25, 0.3) is 11.3 Å². The largest absolute Gasteiger partial charge is 0.477 e. The third-order valence-electron chi connectivity index (χ3n) is 2.14. The van der Waals surface area contributed by atoms with Gasteiger partial charge in [-0.2, -0.15) is 0 Å². The van der Waals surface area contributed by atoms with Crippen molar-refractivity contribution in [3.05, 3.63) is 23.3 Å². The second-order valence-electron chi connectivity index (χ2n) is 3.32. The summed E-state index contributed by atoms with van der Waals surface area (Å²) in [7, 11) is 3.61. The number of aromatic carboxylic acids is 1. The van der Waals surface area contributed by atoms with E-state index in [1.165, 1.54) is 0 Å². The van der Waals surface area contributed by atoms with Gasteiger partial charge in [-0.3, -0.25) is 0 Å². The van der Waals surface area contributed by atoms with Crippen molar-refractivity contribution in [3.8, 4) is 11.3 Å². The first-order chi connectivity index (χ1) is 7.61. The molecule has 2 rings (SSSR count). The van der Waals surface area contributed by atoms with Crippen LogP contribution in [0.5, 0.6) is 0 Å². The molecule has 0 aromatic carbocycles. The molecule has 0 atom stereocenters. The molecule has 0 unspecified atom stereocenters. The fraction of sp³-hybridized carbons (Fsp3) is 0.200. The third kappa shape index (κ3) is 1.79. The van der Waals surface area contributed by atoms with Gasteiger partial charge in [0, 0.05) is 32.1 Å². The Balaban J connectivity index is 2.54. The predicted octanol–water partition coefficient (Wildman–Crippen LogP) is 1.89. The average molecular weight is 237 g/mol. The number of aryl methyl sites for hydroxylation is 1. The summed E-state index contributed by atoms with van der Waals surface area (Å²) in [4.78, 5) is 15.6. The van der Waals surface area contributed by atoms with Gasteiger partial charge in [-0.05, 0) is 6.07 Å². The van der Waals surface area contributed by atoms with Gasteiger partial charge in [0.05, 0.1) is 5.69 Å². The van der Waals surface area contributed by atoms with E-state index in [-0.39, 0.29) is 4.88 Å². The molecule has 2 aromatic heterocycles. The van der Waals surface area contributed by atoms with Crippen LogP contribution in [0.1, 0.15) is 9.67 Å². The summed E-state index contributed by atoms with van der Waals surface area (Å²) in [6, 6.07) is 1.85. The molecule has 0 aliphatic heterocycles. The molecule has 6 heteroatoms. The monoisotopic (exact) mass is 237 g/mol. The van der Waals surface area contributed by atoms with E-state index >= 15 is 0 Å².